The summed E-state index contributed by atoms with van der Waals surface area (Å²) < 4.78 is 19.4. The second-order valence-corrected chi connectivity index (χ2v) is 6.00. The van der Waals surface area contributed by atoms with Crippen LogP contribution in [-0.2, 0) is 11.3 Å². The molecule has 1 fully saturated rings. The van der Waals surface area contributed by atoms with E-state index in [1.54, 1.807) is 12.1 Å². The second kappa shape index (κ2) is 8.07. The van der Waals surface area contributed by atoms with Gasteiger partial charge in [0.25, 0.3) is 5.91 Å². The van der Waals surface area contributed by atoms with Crippen molar-refractivity contribution in [1.29, 1.82) is 0 Å². The Bertz CT molecular complexity index is 819. The highest BCUT2D eigenvalue weighted by Crippen LogP contribution is 2.19. The minimum absolute atomic E-state index is 0.0545. The lowest BCUT2D eigenvalue weighted by atomic mass is 10.1. The van der Waals surface area contributed by atoms with E-state index in [1.807, 2.05) is 12.1 Å². The standard InChI is InChI=1S/C19H19FN2O4/c20-16-11-13(19(24)25)5-6-17(16)21-18(23)15-4-2-1-3-14(15)12-22-7-9-26-10-8-22/h1-6,11H,7-10,12H2,(H,21,23)(H,24,25). The van der Waals surface area contributed by atoms with Gasteiger partial charge in [0, 0.05) is 25.2 Å². The number of hydrogen-bond donors (Lipinski definition) is 2. The Labute approximate surface area is 150 Å². The van der Waals surface area contributed by atoms with Crippen molar-refractivity contribution in [3.05, 3.63) is 65.0 Å². The number of anilines is 1. The first-order chi connectivity index (χ1) is 12.5. The van der Waals surface area contributed by atoms with Crippen LogP contribution in [0.25, 0.3) is 0 Å². The first kappa shape index (κ1) is 18.0. The number of morpholine rings is 1. The van der Waals surface area contributed by atoms with Crippen molar-refractivity contribution >= 4 is 17.6 Å². The minimum atomic E-state index is -1.22. The number of carbonyl (C=O) groups excluding carboxylic acids is 1. The van der Waals surface area contributed by atoms with E-state index >= 15 is 0 Å². The number of carbonyl (C=O) groups is 2. The number of carboxylic acids is 1. The van der Waals surface area contributed by atoms with Crippen molar-refractivity contribution in [2.75, 3.05) is 31.6 Å². The summed E-state index contributed by atoms with van der Waals surface area (Å²) in [5.41, 5.74) is 1.07. The molecule has 0 spiro atoms. The van der Waals surface area contributed by atoms with Gasteiger partial charge in [-0.1, -0.05) is 18.2 Å². The lowest BCUT2D eigenvalue weighted by molar-refractivity contribution is 0.0341. The molecule has 26 heavy (non-hydrogen) atoms. The monoisotopic (exact) mass is 358 g/mol. The van der Waals surface area contributed by atoms with Crippen LogP contribution >= 0.6 is 0 Å². The third-order valence-corrected chi connectivity index (χ3v) is 4.22. The molecule has 1 saturated heterocycles. The number of carboxylic acid groups (broad SMARTS) is 1. The molecule has 1 aliphatic rings. The highest BCUT2D eigenvalue weighted by Gasteiger charge is 2.17. The van der Waals surface area contributed by atoms with Crippen molar-refractivity contribution < 1.29 is 23.8 Å². The SMILES string of the molecule is O=C(O)c1ccc(NC(=O)c2ccccc2CN2CCOCC2)c(F)c1. The molecule has 0 saturated carbocycles. The van der Waals surface area contributed by atoms with Crippen LogP contribution in [0.2, 0.25) is 0 Å². The topological polar surface area (TPSA) is 78.9 Å². The molecule has 2 N–H and O–H groups in total. The average molecular weight is 358 g/mol. The maximum absolute atomic E-state index is 14.1. The first-order valence-electron chi connectivity index (χ1n) is 8.27. The number of amides is 1. The normalized spacial score (nSPS) is 14.8. The molecule has 0 atom stereocenters. The van der Waals surface area contributed by atoms with Gasteiger partial charge in [-0.2, -0.15) is 0 Å². The molecule has 3 rings (SSSR count). The average Bonchev–Trinajstić information content (AvgIpc) is 2.64. The van der Waals surface area contributed by atoms with Crippen molar-refractivity contribution in [1.82, 2.24) is 4.90 Å². The van der Waals surface area contributed by atoms with E-state index in [0.717, 1.165) is 24.7 Å². The van der Waals surface area contributed by atoms with Crippen LogP contribution in [0.3, 0.4) is 0 Å². The number of rotatable bonds is 5. The molecule has 1 amide bonds. The van der Waals surface area contributed by atoms with Gasteiger partial charge in [0.1, 0.15) is 5.82 Å². The Morgan fingerprint density at radius 2 is 1.88 bits per heavy atom. The molecular weight excluding hydrogens is 339 g/mol. The number of halogens is 1. The highest BCUT2D eigenvalue weighted by molar-refractivity contribution is 6.05. The third kappa shape index (κ3) is 4.25. The number of nitrogens with one attached hydrogen (secondary N) is 1. The van der Waals surface area contributed by atoms with E-state index in [1.165, 1.54) is 12.1 Å². The lowest BCUT2D eigenvalue weighted by Gasteiger charge is -2.27. The maximum Gasteiger partial charge on any atom is 0.335 e. The first-order valence-corrected chi connectivity index (χ1v) is 8.27. The lowest BCUT2D eigenvalue weighted by Crippen LogP contribution is -2.36. The van der Waals surface area contributed by atoms with E-state index in [9.17, 15) is 14.0 Å². The Balaban J connectivity index is 1.76. The number of benzene rings is 2. The quantitative estimate of drug-likeness (QED) is 0.859. The summed E-state index contributed by atoms with van der Waals surface area (Å²) in [4.78, 5) is 25.7. The predicted molar refractivity (Wildman–Crippen MR) is 93.9 cm³/mol. The van der Waals surface area contributed by atoms with Crippen molar-refractivity contribution in [3.63, 3.8) is 0 Å². The van der Waals surface area contributed by atoms with E-state index in [0.29, 0.717) is 25.3 Å². The van der Waals surface area contributed by atoms with Crippen molar-refractivity contribution in [2.45, 2.75) is 6.54 Å². The molecular formula is C19H19FN2O4. The van der Waals surface area contributed by atoms with Crippen molar-refractivity contribution in [3.8, 4) is 0 Å². The fourth-order valence-electron chi connectivity index (χ4n) is 2.82. The zero-order valence-electron chi connectivity index (χ0n) is 14.1. The molecule has 0 aromatic heterocycles. The highest BCUT2D eigenvalue weighted by atomic mass is 19.1. The molecule has 7 heteroatoms. The van der Waals surface area contributed by atoms with Crippen LogP contribution in [0, 0.1) is 5.82 Å². The molecule has 0 radical (unpaired) electrons. The van der Waals surface area contributed by atoms with Crippen LogP contribution in [0.15, 0.2) is 42.5 Å². The molecule has 0 bridgehead atoms. The number of nitrogens with zero attached hydrogens (tertiary/aromatic N) is 1. The van der Waals surface area contributed by atoms with Crippen LogP contribution in [0.5, 0.6) is 0 Å². The summed E-state index contributed by atoms with van der Waals surface area (Å²) in [5.74, 6) is -2.45. The van der Waals surface area contributed by atoms with Gasteiger partial charge in [0.2, 0.25) is 0 Å². The van der Waals surface area contributed by atoms with Gasteiger partial charge in [0.05, 0.1) is 24.5 Å². The number of aromatic carboxylic acids is 1. The molecule has 0 unspecified atom stereocenters. The fraction of sp³-hybridized carbons (Fsp3) is 0.263. The molecule has 136 valence electrons. The summed E-state index contributed by atoms with van der Waals surface area (Å²) >= 11 is 0. The smallest absolute Gasteiger partial charge is 0.335 e. The largest absolute Gasteiger partial charge is 0.478 e. The van der Waals surface area contributed by atoms with Gasteiger partial charge < -0.3 is 15.2 Å². The summed E-state index contributed by atoms with van der Waals surface area (Å²) in [6.07, 6.45) is 0. The van der Waals surface area contributed by atoms with Gasteiger partial charge in [-0.05, 0) is 29.8 Å². The van der Waals surface area contributed by atoms with Crippen LogP contribution in [-0.4, -0.2) is 48.2 Å². The molecule has 1 aliphatic heterocycles. The van der Waals surface area contributed by atoms with Crippen LogP contribution in [0.1, 0.15) is 26.3 Å². The minimum Gasteiger partial charge on any atom is -0.478 e. The summed E-state index contributed by atoms with van der Waals surface area (Å²) in [7, 11) is 0. The third-order valence-electron chi connectivity index (χ3n) is 4.22. The summed E-state index contributed by atoms with van der Waals surface area (Å²) in [6.45, 7) is 3.51. The Kier molecular flexibility index (Phi) is 5.60. The molecule has 2 aromatic carbocycles. The van der Waals surface area contributed by atoms with Gasteiger partial charge in [-0.25, -0.2) is 9.18 Å². The Morgan fingerprint density at radius 3 is 2.58 bits per heavy atom. The van der Waals surface area contributed by atoms with E-state index in [-0.39, 0.29) is 11.3 Å². The van der Waals surface area contributed by atoms with Crippen molar-refractivity contribution in [2.24, 2.45) is 0 Å². The van der Waals surface area contributed by atoms with Gasteiger partial charge in [-0.15, -0.1) is 0 Å². The predicted octanol–water partition coefficient (Wildman–Crippen LogP) is 2.61. The van der Waals surface area contributed by atoms with E-state index in [4.69, 9.17) is 9.84 Å². The molecule has 2 aromatic rings. The molecule has 6 nitrogen and oxygen atoms in total. The van der Waals surface area contributed by atoms with Gasteiger partial charge in [-0.3, -0.25) is 9.69 Å². The van der Waals surface area contributed by atoms with Gasteiger partial charge in [0.15, 0.2) is 0 Å². The van der Waals surface area contributed by atoms with Crippen LogP contribution < -0.4 is 5.32 Å². The second-order valence-electron chi connectivity index (χ2n) is 6.00. The van der Waals surface area contributed by atoms with E-state index < -0.39 is 17.7 Å². The maximum atomic E-state index is 14.1. The zero-order valence-corrected chi connectivity index (χ0v) is 14.1. The fourth-order valence-corrected chi connectivity index (χ4v) is 2.82. The number of hydrogen-bond acceptors (Lipinski definition) is 4. The Hall–Kier alpha value is -2.77. The molecule has 1 heterocycles. The summed E-state index contributed by atoms with van der Waals surface area (Å²) in [6, 6.07) is 10.6. The van der Waals surface area contributed by atoms with Gasteiger partial charge >= 0.3 is 5.97 Å². The van der Waals surface area contributed by atoms with Crippen LogP contribution in [0.4, 0.5) is 10.1 Å². The zero-order chi connectivity index (χ0) is 18.5. The summed E-state index contributed by atoms with van der Waals surface area (Å²) in [5, 5.41) is 11.4. The van der Waals surface area contributed by atoms with E-state index in [2.05, 4.69) is 10.2 Å². The number of ether oxygens (including phenoxy) is 1. The molecule has 0 aliphatic carbocycles. The Morgan fingerprint density at radius 1 is 1.15 bits per heavy atom.